The highest BCUT2D eigenvalue weighted by molar-refractivity contribution is 5.91. The molecule has 0 radical (unpaired) electrons. The molecule has 124 valence electrons. The average molecular weight is 320 g/mol. The number of carbonyl (C=O) groups is 2. The number of anilines is 1. The van der Waals surface area contributed by atoms with Gasteiger partial charge in [-0.25, -0.2) is 9.97 Å². The van der Waals surface area contributed by atoms with Crippen LogP contribution in [0.4, 0.5) is 5.69 Å². The Morgan fingerprint density at radius 1 is 1.52 bits per heavy atom. The summed E-state index contributed by atoms with van der Waals surface area (Å²) in [6, 6.07) is 0.264. The van der Waals surface area contributed by atoms with E-state index in [1.54, 1.807) is 4.90 Å². The number of nitrogens with zero attached hydrogens (tertiary/aromatic N) is 3. The van der Waals surface area contributed by atoms with Crippen molar-refractivity contribution in [1.82, 2.24) is 14.9 Å². The van der Waals surface area contributed by atoms with Crippen molar-refractivity contribution in [3.8, 4) is 6.01 Å². The molecular formula is C15H20N4O4. The van der Waals surface area contributed by atoms with E-state index in [-0.39, 0.29) is 30.3 Å². The molecule has 8 nitrogen and oxygen atoms in total. The van der Waals surface area contributed by atoms with Crippen molar-refractivity contribution in [1.29, 1.82) is 0 Å². The highest BCUT2D eigenvalue weighted by atomic mass is 16.5. The smallest absolute Gasteiger partial charge is 0.316 e. The molecule has 1 saturated heterocycles. The zero-order valence-electron chi connectivity index (χ0n) is 13.0. The van der Waals surface area contributed by atoms with Gasteiger partial charge >= 0.3 is 6.01 Å². The van der Waals surface area contributed by atoms with Crippen LogP contribution in [0, 0.1) is 0 Å². The summed E-state index contributed by atoms with van der Waals surface area (Å²) in [5, 5.41) is 2.69. The SMILES string of the molecule is C=CC(=O)N1CCO[C@H](CC(=O)Nc2cnc(OCC)nc2)C1. The van der Waals surface area contributed by atoms with Crippen LogP contribution in [0.25, 0.3) is 0 Å². The fourth-order valence-corrected chi connectivity index (χ4v) is 2.18. The first-order valence-corrected chi connectivity index (χ1v) is 7.40. The Bertz CT molecular complexity index is 561. The van der Waals surface area contributed by atoms with Crippen LogP contribution in [-0.4, -0.2) is 59.1 Å². The van der Waals surface area contributed by atoms with E-state index in [1.807, 2.05) is 6.92 Å². The van der Waals surface area contributed by atoms with Crippen LogP contribution in [0.15, 0.2) is 25.0 Å². The standard InChI is InChI=1S/C15H20N4O4/c1-3-14(21)19-5-6-23-12(10-19)7-13(20)18-11-8-16-15(17-9-11)22-4-2/h3,8-9,12H,1,4-7,10H2,2H3,(H,18,20)/t12-/m1/s1. The molecular weight excluding hydrogens is 300 g/mol. The predicted molar refractivity (Wildman–Crippen MR) is 83.0 cm³/mol. The monoisotopic (exact) mass is 320 g/mol. The molecule has 1 fully saturated rings. The van der Waals surface area contributed by atoms with Gasteiger partial charge in [0.15, 0.2) is 0 Å². The molecule has 0 aliphatic carbocycles. The van der Waals surface area contributed by atoms with Crippen LogP contribution in [0.1, 0.15) is 13.3 Å². The number of ether oxygens (including phenoxy) is 2. The molecule has 1 aromatic heterocycles. The summed E-state index contributed by atoms with van der Waals surface area (Å²) in [4.78, 5) is 33.2. The van der Waals surface area contributed by atoms with Gasteiger partial charge in [-0.05, 0) is 13.0 Å². The van der Waals surface area contributed by atoms with E-state index in [1.165, 1.54) is 18.5 Å². The minimum absolute atomic E-state index is 0.147. The maximum Gasteiger partial charge on any atom is 0.316 e. The Balaban J connectivity index is 1.84. The van der Waals surface area contributed by atoms with Gasteiger partial charge in [0, 0.05) is 13.1 Å². The van der Waals surface area contributed by atoms with Gasteiger partial charge in [0.05, 0.1) is 43.8 Å². The molecule has 0 bridgehead atoms. The van der Waals surface area contributed by atoms with Crippen LogP contribution in [0.2, 0.25) is 0 Å². The van der Waals surface area contributed by atoms with E-state index in [4.69, 9.17) is 9.47 Å². The van der Waals surface area contributed by atoms with Gasteiger partial charge in [-0.3, -0.25) is 9.59 Å². The third-order valence-electron chi connectivity index (χ3n) is 3.22. The second-order valence-electron chi connectivity index (χ2n) is 4.92. The zero-order chi connectivity index (χ0) is 16.7. The first-order chi connectivity index (χ1) is 11.1. The number of aromatic nitrogens is 2. The van der Waals surface area contributed by atoms with Crippen LogP contribution >= 0.6 is 0 Å². The molecule has 2 rings (SSSR count). The maximum atomic E-state index is 12.0. The molecule has 0 spiro atoms. The number of rotatable bonds is 6. The molecule has 0 saturated carbocycles. The summed E-state index contributed by atoms with van der Waals surface area (Å²) in [6.07, 6.45) is 4.03. The molecule has 2 heterocycles. The van der Waals surface area contributed by atoms with Crippen LogP contribution < -0.4 is 10.1 Å². The van der Waals surface area contributed by atoms with Gasteiger partial charge < -0.3 is 19.7 Å². The maximum absolute atomic E-state index is 12.0. The lowest BCUT2D eigenvalue weighted by molar-refractivity contribution is -0.136. The van der Waals surface area contributed by atoms with Gasteiger partial charge in [-0.2, -0.15) is 0 Å². The number of hydrogen-bond acceptors (Lipinski definition) is 6. The fraction of sp³-hybridized carbons (Fsp3) is 0.467. The summed E-state index contributed by atoms with van der Waals surface area (Å²) in [7, 11) is 0. The number of hydrogen-bond donors (Lipinski definition) is 1. The van der Waals surface area contributed by atoms with E-state index in [9.17, 15) is 9.59 Å². The minimum Gasteiger partial charge on any atom is -0.464 e. The number of amides is 2. The highest BCUT2D eigenvalue weighted by Crippen LogP contribution is 2.12. The molecule has 1 atom stereocenters. The lowest BCUT2D eigenvalue weighted by Gasteiger charge is -2.32. The van der Waals surface area contributed by atoms with Crippen LogP contribution in [0.3, 0.4) is 0 Å². The lowest BCUT2D eigenvalue weighted by atomic mass is 10.2. The van der Waals surface area contributed by atoms with E-state index in [2.05, 4.69) is 21.9 Å². The molecule has 0 aromatic carbocycles. The number of nitrogens with one attached hydrogen (secondary N) is 1. The lowest BCUT2D eigenvalue weighted by Crippen LogP contribution is -2.46. The van der Waals surface area contributed by atoms with Crippen molar-refractivity contribution in [2.75, 3.05) is 31.6 Å². The topological polar surface area (TPSA) is 93.7 Å². The molecule has 1 aromatic rings. The van der Waals surface area contributed by atoms with Crippen molar-refractivity contribution >= 4 is 17.5 Å². The molecule has 8 heteroatoms. The molecule has 1 aliphatic heterocycles. The zero-order valence-corrected chi connectivity index (χ0v) is 13.0. The summed E-state index contributed by atoms with van der Waals surface area (Å²) >= 11 is 0. The van der Waals surface area contributed by atoms with Crippen molar-refractivity contribution < 1.29 is 19.1 Å². The first kappa shape index (κ1) is 16.9. The van der Waals surface area contributed by atoms with E-state index in [0.29, 0.717) is 32.0 Å². The van der Waals surface area contributed by atoms with Gasteiger partial charge in [0.25, 0.3) is 0 Å². The first-order valence-electron chi connectivity index (χ1n) is 7.40. The molecule has 1 N–H and O–H groups in total. The normalized spacial score (nSPS) is 17.4. The van der Waals surface area contributed by atoms with Crippen molar-refractivity contribution in [3.05, 3.63) is 25.0 Å². The summed E-state index contributed by atoms with van der Waals surface area (Å²) in [5.74, 6) is -0.380. The van der Waals surface area contributed by atoms with Gasteiger partial charge in [0.1, 0.15) is 0 Å². The fourth-order valence-electron chi connectivity index (χ4n) is 2.18. The Morgan fingerprint density at radius 3 is 2.91 bits per heavy atom. The summed E-state index contributed by atoms with van der Waals surface area (Å²) < 4.78 is 10.7. The van der Waals surface area contributed by atoms with Crippen LogP contribution in [0.5, 0.6) is 6.01 Å². The van der Waals surface area contributed by atoms with E-state index >= 15 is 0 Å². The second-order valence-corrected chi connectivity index (χ2v) is 4.92. The highest BCUT2D eigenvalue weighted by Gasteiger charge is 2.24. The van der Waals surface area contributed by atoms with Crippen molar-refractivity contribution in [3.63, 3.8) is 0 Å². The number of morpholine rings is 1. The molecule has 1 aliphatic rings. The minimum atomic E-state index is -0.337. The third-order valence-corrected chi connectivity index (χ3v) is 3.22. The average Bonchev–Trinajstić information content (AvgIpc) is 2.56. The van der Waals surface area contributed by atoms with Crippen LogP contribution in [-0.2, 0) is 14.3 Å². The largest absolute Gasteiger partial charge is 0.464 e. The van der Waals surface area contributed by atoms with E-state index in [0.717, 1.165) is 0 Å². The van der Waals surface area contributed by atoms with Crippen molar-refractivity contribution in [2.24, 2.45) is 0 Å². The molecule has 23 heavy (non-hydrogen) atoms. The third kappa shape index (κ3) is 5.03. The van der Waals surface area contributed by atoms with Gasteiger partial charge in [0.2, 0.25) is 11.8 Å². The Hall–Kier alpha value is -2.48. The Kier molecular flexibility index (Phi) is 6.04. The summed E-state index contributed by atoms with van der Waals surface area (Å²) in [6.45, 7) is 7.07. The van der Waals surface area contributed by atoms with E-state index < -0.39 is 0 Å². The van der Waals surface area contributed by atoms with Gasteiger partial charge in [-0.1, -0.05) is 6.58 Å². The second kappa shape index (κ2) is 8.23. The summed E-state index contributed by atoms with van der Waals surface area (Å²) in [5.41, 5.74) is 0.480. The molecule has 0 unspecified atom stereocenters. The quantitative estimate of drug-likeness (QED) is 0.772. The van der Waals surface area contributed by atoms with Crippen molar-refractivity contribution in [2.45, 2.75) is 19.4 Å². The Labute approximate surface area is 134 Å². The predicted octanol–water partition coefficient (Wildman–Crippen LogP) is 0.617. The Morgan fingerprint density at radius 2 is 2.26 bits per heavy atom. The van der Waals surface area contributed by atoms with Gasteiger partial charge in [-0.15, -0.1) is 0 Å². The molecule has 2 amide bonds. The number of carbonyl (C=O) groups excluding carboxylic acids is 2.